The van der Waals surface area contributed by atoms with E-state index < -0.39 is 0 Å². The molecule has 1 atom stereocenters. The maximum absolute atomic E-state index is 11.1. The Balaban J connectivity index is 2.89. The molecular weight excluding hydrogens is 136 g/mol. The maximum atomic E-state index is 11.1. The summed E-state index contributed by atoms with van der Waals surface area (Å²) in [5.74, 6) is 0.900. The van der Waals surface area contributed by atoms with Gasteiger partial charge in [-0.15, -0.1) is 0 Å². The summed E-state index contributed by atoms with van der Waals surface area (Å²) in [4.78, 5) is 11.1. The van der Waals surface area contributed by atoms with E-state index in [0.29, 0.717) is 5.92 Å². The smallest absolute Gasteiger partial charge is 0.155 e. The molecule has 0 saturated heterocycles. The largest absolute Gasteiger partial charge is 0.295 e. The predicted octanol–water partition coefficient (Wildman–Crippen LogP) is 2.71. The quantitative estimate of drug-likeness (QED) is 0.564. The Morgan fingerprint density at radius 2 is 2.18 bits per heavy atom. The molecule has 11 heavy (non-hydrogen) atoms. The Kier molecular flexibility index (Phi) is 2.48. The number of rotatable bonds is 1. The summed E-state index contributed by atoms with van der Waals surface area (Å²) in [6, 6.07) is 0. The zero-order chi connectivity index (χ0) is 8.43. The van der Waals surface area contributed by atoms with Crippen LogP contribution >= 0.6 is 0 Å². The lowest BCUT2D eigenvalue weighted by molar-refractivity contribution is -0.113. The molecule has 0 aliphatic heterocycles. The Morgan fingerprint density at radius 1 is 1.55 bits per heavy atom. The van der Waals surface area contributed by atoms with E-state index in [-0.39, 0.29) is 5.78 Å². The average Bonchev–Trinajstić information content (AvgIpc) is 1.94. The van der Waals surface area contributed by atoms with Crippen LogP contribution in [0.5, 0.6) is 0 Å². The summed E-state index contributed by atoms with van der Waals surface area (Å²) < 4.78 is 0. The highest BCUT2D eigenvalue weighted by atomic mass is 16.1. The number of hydrogen-bond donors (Lipinski definition) is 0. The molecule has 0 spiro atoms. The van der Waals surface area contributed by atoms with Crippen molar-refractivity contribution in [1.82, 2.24) is 0 Å². The molecule has 0 saturated carbocycles. The fourth-order valence-electron chi connectivity index (χ4n) is 1.75. The van der Waals surface area contributed by atoms with Crippen molar-refractivity contribution < 1.29 is 4.79 Å². The first-order valence-corrected chi connectivity index (χ1v) is 4.33. The number of Topliss-reactive ketones (excluding diaryl/α,β-unsaturated/α-hetero) is 1. The normalized spacial score (nSPS) is 25.5. The van der Waals surface area contributed by atoms with Gasteiger partial charge in [-0.2, -0.15) is 0 Å². The lowest BCUT2D eigenvalue weighted by Crippen LogP contribution is -2.11. The fourth-order valence-corrected chi connectivity index (χ4v) is 1.75. The molecule has 0 amide bonds. The van der Waals surface area contributed by atoms with E-state index in [1.165, 1.54) is 18.4 Å². The molecule has 0 fully saturated rings. The van der Waals surface area contributed by atoms with Crippen LogP contribution in [-0.4, -0.2) is 5.78 Å². The summed E-state index contributed by atoms with van der Waals surface area (Å²) in [7, 11) is 0. The molecule has 62 valence electrons. The Morgan fingerprint density at radius 3 is 2.64 bits per heavy atom. The maximum Gasteiger partial charge on any atom is 0.155 e. The van der Waals surface area contributed by atoms with Gasteiger partial charge in [-0.1, -0.05) is 12.5 Å². The molecule has 0 aromatic rings. The number of carbonyl (C=O) groups excluding carboxylic acids is 1. The van der Waals surface area contributed by atoms with Crippen LogP contribution in [0.15, 0.2) is 11.1 Å². The van der Waals surface area contributed by atoms with E-state index >= 15 is 0 Å². The van der Waals surface area contributed by atoms with E-state index in [9.17, 15) is 4.79 Å². The summed E-state index contributed by atoms with van der Waals surface area (Å²) in [6.45, 7) is 5.98. The third-order valence-electron chi connectivity index (χ3n) is 2.70. The second-order valence-corrected chi connectivity index (χ2v) is 3.51. The van der Waals surface area contributed by atoms with Crippen molar-refractivity contribution in [3.63, 3.8) is 0 Å². The Hall–Kier alpha value is -0.590. The summed E-state index contributed by atoms with van der Waals surface area (Å²) >= 11 is 0. The van der Waals surface area contributed by atoms with Crippen LogP contribution in [0.4, 0.5) is 0 Å². The molecule has 1 unspecified atom stereocenters. The van der Waals surface area contributed by atoms with Crippen molar-refractivity contribution >= 4 is 5.78 Å². The van der Waals surface area contributed by atoms with Crippen LogP contribution in [0.3, 0.4) is 0 Å². The molecule has 1 heteroatoms. The van der Waals surface area contributed by atoms with E-state index in [0.717, 1.165) is 12.0 Å². The van der Waals surface area contributed by atoms with Crippen molar-refractivity contribution in [2.45, 2.75) is 40.0 Å². The minimum Gasteiger partial charge on any atom is -0.295 e. The van der Waals surface area contributed by atoms with Gasteiger partial charge in [0.1, 0.15) is 0 Å². The van der Waals surface area contributed by atoms with Crippen LogP contribution in [0.1, 0.15) is 40.0 Å². The van der Waals surface area contributed by atoms with Crippen LogP contribution in [-0.2, 0) is 4.79 Å². The second kappa shape index (κ2) is 3.21. The van der Waals surface area contributed by atoms with Gasteiger partial charge in [-0.3, -0.25) is 4.79 Å². The predicted molar refractivity (Wildman–Crippen MR) is 46.4 cm³/mol. The minimum absolute atomic E-state index is 0.272. The Labute approximate surface area is 68.5 Å². The van der Waals surface area contributed by atoms with Crippen LogP contribution < -0.4 is 0 Å². The van der Waals surface area contributed by atoms with Crippen molar-refractivity contribution in [1.29, 1.82) is 0 Å². The Bertz CT molecular complexity index is 201. The topological polar surface area (TPSA) is 17.1 Å². The second-order valence-electron chi connectivity index (χ2n) is 3.51. The van der Waals surface area contributed by atoms with Gasteiger partial charge >= 0.3 is 0 Å². The molecule has 0 N–H and O–H groups in total. The van der Waals surface area contributed by atoms with Crippen LogP contribution in [0.25, 0.3) is 0 Å². The lowest BCUT2D eigenvalue weighted by atomic mass is 9.83. The third-order valence-corrected chi connectivity index (χ3v) is 2.70. The van der Waals surface area contributed by atoms with Gasteiger partial charge in [0.2, 0.25) is 0 Å². The van der Waals surface area contributed by atoms with Crippen molar-refractivity contribution in [2.24, 2.45) is 5.92 Å². The molecular formula is C10H16O. The van der Waals surface area contributed by atoms with Gasteiger partial charge in [-0.05, 0) is 44.6 Å². The number of carbonyl (C=O) groups is 1. The van der Waals surface area contributed by atoms with Crippen molar-refractivity contribution in [3.05, 3.63) is 11.1 Å². The van der Waals surface area contributed by atoms with E-state index in [4.69, 9.17) is 0 Å². The van der Waals surface area contributed by atoms with Gasteiger partial charge < -0.3 is 0 Å². The first kappa shape index (κ1) is 8.51. The number of hydrogen-bond acceptors (Lipinski definition) is 1. The monoisotopic (exact) mass is 152 g/mol. The van der Waals surface area contributed by atoms with E-state index in [2.05, 4.69) is 13.8 Å². The number of ketones is 1. The first-order valence-electron chi connectivity index (χ1n) is 4.33. The molecule has 0 aromatic carbocycles. The highest BCUT2D eigenvalue weighted by Crippen LogP contribution is 2.29. The molecule has 1 nitrogen and oxygen atoms in total. The first-order chi connectivity index (χ1) is 5.13. The van der Waals surface area contributed by atoms with Gasteiger partial charge in [0.05, 0.1) is 0 Å². The van der Waals surface area contributed by atoms with Crippen LogP contribution in [0.2, 0.25) is 0 Å². The summed E-state index contributed by atoms with van der Waals surface area (Å²) in [5, 5.41) is 0. The van der Waals surface area contributed by atoms with E-state index in [1.54, 1.807) is 6.92 Å². The van der Waals surface area contributed by atoms with E-state index in [1.807, 2.05) is 0 Å². The number of allylic oxidation sites excluding steroid dienone is 2. The van der Waals surface area contributed by atoms with Gasteiger partial charge in [0.25, 0.3) is 0 Å². The summed E-state index contributed by atoms with van der Waals surface area (Å²) in [6.07, 6.45) is 3.45. The molecule has 1 aliphatic rings. The summed E-state index contributed by atoms with van der Waals surface area (Å²) in [5.41, 5.74) is 2.41. The fraction of sp³-hybridized carbons (Fsp3) is 0.700. The molecule has 0 aromatic heterocycles. The highest BCUT2D eigenvalue weighted by molar-refractivity contribution is 5.94. The SMILES string of the molecule is CC(=O)C1=C(C)C(C)CCC1. The van der Waals surface area contributed by atoms with Gasteiger partial charge in [-0.25, -0.2) is 0 Å². The van der Waals surface area contributed by atoms with Crippen molar-refractivity contribution in [3.8, 4) is 0 Å². The van der Waals surface area contributed by atoms with Gasteiger partial charge in [0.15, 0.2) is 5.78 Å². The zero-order valence-electron chi connectivity index (χ0n) is 7.61. The molecule has 0 bridgehead atoms. The molecule has 1 rings (SSSR count). The molecule has 0 radical (unpaired) electrons. The standard InChI is InChI=1S/C10H16O/c1-7-5-4-6-10(8(7)2)9(3)11/h7H,4-6H2,1-3H3. The third kappa shape index (κ3) is 1.70. The minimum atomic E-state index is 0.272. The molecule has 0 heterocycles. The van der Waals surface area contributed by atoms with Gasteiger partial charge in [0, 0.05) is 0 Å². The van der Waals surface area contributed by atoms with Crippen LogP contribution in [0, 0.1) is 5.92 Å². The highest BCUT2D eigenvalue weighted by Gasteiger charge is 2.17. The average molecular weight is 152 g/mol. The lowest BCUT2D eigenvalue weighted by Gasteiger charge is -2.21. The molecule has 1 aliphatic carbocycles. The zero-order valence-corrected chi connectivity index (χ0v) is 7.61. The van der Waals surface area contributed by atoms with Crippen molar-refractivity contribution in [2.75, 3.05) is 0 Å².